The van der Waals surface area contributed by atoms with E-state index < -0.39 is 5.97 Å². The molecule has 0 saturated carbocycles. The molecular formula is C24H30O4. The highest BCUT2D eigenvalue weighted by molar-refractivity contribution is 5.69. The van der Waals surface area contributed by atoms with E-state index in [1.54, 1.807) is 0 Å². The number of benzene rings is 2. The van der Waals surface area contributed by atoms with Crippen molar-refractivity contribution in [1.82, 2.24) is 0 Å². The van der Waals surface area contributed by atoms with Crippen LogP contribution < -0.4 is 0 Å². The summed E-state index contributed by atoms with van der Waals surface area (Å²) in [6.07, 6.45) is 5.46. The minimum Gasteiger partial charge on any atom is -0.481 e. The number of carboxylic acid groups (broad SMARTS) is 1. The first-order chi connectivity index (χ1) is 13.6. The molecule has 0 heterocycles. The van der Waals surface area contributed by atoms with E-state index in [-0.39, 0.29) is 18.3 Å². The lowest BCUT2D eigenvalue weighted by Crippen LogP contribution is -2.18. The number of hydrogen-bond donors (Lipinski definition) is 1. The predicted molar refractivity (Wildman–Crippen MR) is 110 cm³/mol. The summed E-state index contributed by atoms with van der Waals surface area (Å²) in [7, 11) is 0. The molecule has 0 atom stereocenters. The Kier molecular flexibility index (Phi) is 9.84. The first-order valence-corrected chi connectivity index (χ1v) is 10.1. The van der Waals surface area contributed by atoms with Crippen LogP contribution in [-0.4, -0.2) is 23.7 Å². The van der Waals surface area contributed by atoms with Crippen LogP contribution in [-0.2, 0) is 27.2 Å². The number of ether oxygens (including phenoxy) is 1. The summed E-state index contributed by atoms with van der Waals surface area (Å²) >= 11 is 0. The molecule has 0 spiro atoms. The number of hydrogen-bond acceptors (Lipinski definition) is 3. The Labute approximate surface area is 167 Å². The predicted octanol–water partition coefficient (Wildman–Crippen LogP) is 5.06. The quantitative estimate of drug-likeness (QED) is 0.389. The van der Waals surface area contributed by atoms with Crippen LogP contribution in [0.15, 0.2) is 60.7 Å². The van der Waals surface area contributed by atoms with E-state index in [0.29, 0.717) is 19.4 Å². The molecule has 0 bridgehead atoms. The Morgan fingerprint density at radius 3 is 1.75 bits per heavy atom. The van der Waals surface area contributed by atoms with Crippen molar-refractivity contribution >= 4 is 11.9 Å². The topological polar surface area (TPSA) is 63.6 Å². The normalized spacial score (nSPS) is 10.8. The maximum Gasteiger partial charge on any atom is 0.305 e. The van der Waals surface area contributed by atoms with Crippen LogP contribution in [0.4, 0.5) is 0 Å². The Morgan fingerprint density at radius 1 is 0.750 bits per heavy atom. The van der Waals surface area contributed by atoms with Gasteiger partial charge in [-0.15, -0.1) is 0 Å². The third-order valence-corrected chi connectivity index (χ3v) is 4.74. The average molecular weight is 383 g/mol. The van der Waals surface area contributed by atoms with Crippen LogP contribution in [0, 0.1) is 5.92 Å². The van der Waals surface area contributed by atoms with Crippen molar-refractivity contribution < 1.29 is 19.4 Å². The van der Waals surface area contributed by atoms with Gasteiger partial charge in [0.1, 0.15) is 0 Å². The minimum atomic E-state index is -0.762. The van der Waals surface area contributed by atoms with Gasteiger partial charge in [-0.2, -0.15) is 0 Å². The summed E-state index contributed by atoms with van der Waals surface area (Å²) in [6.45, 7) is 0.418. The number of esters is 1. The maximum atomic E-state index is 12.1. The molecule has 0 aromatic heterocycles. The number of rotatable bonds is 13. The standard InChI is InChI=1S/C24H30O4/c25-23(26)15-9-1-2-10-16-24(27)28-19-22(17-20-11-5-3-6-12-20)18-21-13-7-4-8-14-21/h3-8,11-14,22H,1-2,9-10,15-19H2,(H,25,26). The summed E-state index contributed by atoms with van der Waals surface area (Å²) in [6, 6.07) is 20.6. The second-order valence-electron chi connectivity index (χ2n) is 7.24. The van der Waals surface area contributed by atoms with Crippen LogP contribution in [0.3, 0.4) is 0 Å². The summed E-state index contributed by atoms with van der Waals surface area (Å²) < 4.78 is 5.56. The molecule has 0 aliphatic carbocycles. The zero-order chi connectivity index (χ0) is 20.0. The summed E-state index contributed by atoms with van der Waals surface area (Å²) in [5.74, 6) is -0.684. The van der Waals surface area contributed by atoms with Crippen molar-refractivity contribution in [1.29, 1.82) is 0 Å². The molecular weight excluding hydrogens is 352 g/mol. The Bertz CT molecular complexity index is 656. The molecule has 2 rings (SSSR count). The van der Waals surface area contributed by atoms with Gasteiger partial charge in [-0.05, 0) is 36.8 Å². The molecule has 28 heavy (non-hydrogen) atoms. The highest BCUT2D eigenvalue weighted by Gasteiger charge is 2.14. The highest BCUT2D eigenvalue weighted by atomic mass is 16.5. The molecule has 4 nitrogen and oxygen atoms in total. The minimum absolute atomic E-state index is 0.163. The smallest absolute Gasteiger partial charge is 0.305 e. The second kappa shape index (κ2) is 12.7. The van der Waals surface area contributed by atoms with Crippen molar-refractivity contribution in [3.05, 3.63) is 71.8 Å². The molecule has 2 aromatic rings. The molecule has 0 aliphatic rings. The van der Waals surface area contributed by atoms with E-state index in [9.17, 15) is 9.59 Å². The van der Waals surface area contributed by atoms with E-state index in [1.165, 1.54) is 11.1 Å². The van der Waals surface area contributed by atoms with Crippen LogP contribution in [0.1, 0.15) is 49.7 Å². The zero-order valence-corrected chi connectivity index (χ0v) is 16.4. The van der Waals surface area contributed by atoms with E-state index in [1.807, 2.05) is 36.4 Å². The van der Waals surface area contributed by atoms with Gasteiger partial charge in [-0.25, -0.2) is 0 Å². The van der Waals surface area contributed by atoms with Gasteiger partial charge < -0.3 is 9.84 Å². The summed E-state index contributed by atoms with van der Waals surface area (Å²) in [5.41, 5.74) is 2.50. The number of carbonyl (C=O) groups is 2. The summed E-state index contributed by atoms with van der Waals surface area (Å²) in [5, 5.41) is 8.62. The first-order valence-electron chi connectivity index (χ1n) is 10.1. The van der Waals surface area contributed by atoms with Gasteiger partial charge in [0, 0.05) is 18.8 Å². The molecule has 0 unspecified atom stereocenters. The second-order valence-corrected chi connectivity index (χ2v) is 7.24. The molecule has 0 amide bonds. The molecule has 0 saturated heterocycles. The monoisotopic (exact) mass is 382 g/mol. The van der Waals surface area contributed by atoms with E-state index in [2.05, 4.69) is 24.3 Å². The number of aliphatic carboxylic acids is 1. The van der Waals surface area contributed by atoms with Crippen molar-refractivity contribution in [2.45, 2.75) is 51.4 Å². The van der Waals surface area contributed by atoms with E-state index in [4.69, 9.17) is 9.84 Å². The fourth-order valence-corrected chi connectivity index (χ4v) is 3.27. The van der Waals surface area contributed by atoms with Crippen molar-refractivity contribution in [2.75, 3.05) is 6.61 Å². The van der Waals surface area contributed by atoms with Gasteiger partial charge in [0.05, 0.1) is 6.61 Å². The Hall–Kier alpha value is -2.62. The van der Waals surface area contributed by atoms with Crippen molar-refractivity contribution in [3.63, 3.8) is 0 Å². The molecule has 0 aliphatic heterocycles. The van der Waals surface area contributed by atoms with Crippen LogP contribution in [0.2, 0.25) is 0 Å². The van der Waals surface area contributed by atoms with Gasteiger partial charge >= 0.3 is 11.9 Å². The van der Waals surface area contributed by atoms with Crippen molar-refractivity contribution in [2.24, 2.45) is 5.92 Å². The third kappa shape index (κ3) is 9.36. The van der Waals surface area contributed by atoms with Gasteiger partial charge in [0.25, 0.3) is 0 Å². The Balaban J connectivity index is 1.76. The van der Waals surface area contributed by atoms with Crippen LogP contribution in [0.25, 0.3) is 0 Å². The van der Waals surface area contributed by atoms with E-state index >= 15 is 0 Å². The number of unbranched alkanes of at least 4 members (excludes halogenated alkanes) is 3. The number of carbonyl (C=O) groups excluding carboxylic acids is 1. The van der Waals surface area contributed by atoms with Crippen molar-refractivity contribution in [3.8, 4) is 0 Å². The molecule has 1 N–H and O–H groups in total. The lowest BCUT2D eigenvalue weighted by Gasteiger charge is -2.17. The lowest BCUT2D eigenvalue weighted by molar-refractivity contribution is -0.145. The van der Waals surface area contributed by atoms with E-state index in [0.717, 1.165) is 32.1 Å². The largest absolute Gasteiger partial charge is 0.481 e. The number of carboxylic acids is 1. The maximum absolute atomic E-state index is 12.1. The van der Waals surface area contributed by atoms with Gasteiger partial charge in [-0.1, -0.05) is 73.5 Å². The molecule has 0 radical (unpaired) electrons. The van der Waals surface area contributed by atoms with Gasteiger partial charge in [-0.3, -0.25) is 9.59 Å². The molecule has 4 heteroatoms. The zero-order valence-electron chi connectivity index (χ0n) is 16.4. The Morgan fingerprint density at radius 2 is 1.25 bits per heavy atom. The molecule has 150 valence electrons. The highest BCUT2D eigenvalue weighted by Crippen LogP contribution is 2.16. The fourth-order valence-electron chi connectivity index (χ4n) is 3.27. The van der Waals surface area contributed by atoms with Crippen LogP contribution in [0.5, 0.6) is 0 Å². The van der Waals surface area contributed by atoms with Crippen LogP contribution >= 0.6 is 0 Å². The fraction of sp³-hybridized carbons (Fsp3) is 0.417. The lowest BCUT2D eigenvalue weighted by atomic mass is 9.93. The molecule has 2 aromatic carbocycles. The first kappa shape index (κ1) is 21.7. The third-order valence-electron chi connectivity index (χ3n) is 4.74. The molecule has 0 fully saturated rings. The SMILES string of the molecule is O=C(O)CCCCCCC(=O)OCC(Cc1ccccc1)Cc1ccccc1. The van der Waals surface area contributed by atoms with Gasteiger partial charge in [0.2, 0.25) is 0 Å². The average Bonchev–Trinajstić information content (AvgIpc) is 2.70. The summed E-state index contributed by atoms with van der Waals surface area (Å²) in [4.78, 5) is 22.6. The van der Waals surface area contributed by atoms with Gasteiger partial charge in [0.15, 0.2) is 0 Å².